The van der Waals surface area contributed by atoms with E-state index in [0.717, 1.165) is 32.0 Å². The van der Waals surface area contributed by atoms with E-state index in [0.29, 0.717) is 6.04 Å². The highest BCUT2D eigenvalue weighted by Gasteiger charge is 2.26. The van der Waals surface area contributed by atoms with Gasteiger partial charge < -0.3 is 9.80 Å². The van der Waals surface area contributed by atoms with Gasteiger partial charge in [-0.3, -0.25) is 4.68 Å². The molecule has 0 saturated carbocycles. The van der Waals surface area contributed by atoms with Gasteiger partial charge in [0.1, 0.15) is 12.7 Å². The highest BCUT2D eigenvalue weighted by atomic mass is 15.3. The molecule has 7 nitrogen and oxygen atoms in total. The molecule has 7 heteroatoms. The van der Waals surface area contributed by atoms with E-state index in [-0.39, 0.29) is 0 Å². The van der Waals surface area contributed by atoms with E-state index in [1.54, 1.807) is 18.9 Å². The lowest BCUT2D eigenvalue weighted by Crippen LogP contribution is -2.40. The van der Waals surface area contributed by atoms with Gasteiger partial charge in [0, 0.05) is 31.9 Å². The fourth-order valence-electron chi connectivity index (χ4n) is 2.85. The third-order valence-electron chi connectivity index (χ3n) is 3.93. The molecule has 0 amide bonds. The summed E-state index contributed by atoms with van der Waals surface area (Å²) in [4.78, 5) is 8.69. The van der Waals surface area contributed by atoms with Crippen molar-refractivity contribution in [3.8, 4) is 0 Å². The predicted octanol–water partition coefficient (Wildman–Crippen LogP) is 0.669. The third kappa shape index (κ3) is 3.55. The van der Waals surface area contributed by atoms with Crippen LogP contribution >= 0.6 is 0 Å². The van der Waals surface area contributed by atoms with Gasteiger partial charge in [-0.25, -0.2) is 4.98 Å². The maximum atomic E-state index is 4.24. The molecule has 0 radical (unpaired) electrons. The first-order chi connectivity index (χ1) is 10.3. The lowest BCUT2D eigenvalue weighted by Gasteiger charge is -2.29. The standard InChI is InChI=1S/C14H21N7/c1-19(8-9-20-12-15-11-17-20)10-13-4-3-7-21(13)14-5-2-6-16-18-14/h2,5-6,11-13H,3-4,7-10H2,1H3. The summed E-state index contributed by atoms with van der Waals surface area (Å²) in [5, 5.41) is 12.4. The number of hydrogen-bond acceptors (Lipinski definition) is 6. The van der Waals surface area contributed by atoms with E-state index < -0.39 is 0 Å². The van der Waals surface area contributed by atoms with Crippen LogP contribution in [0.4, 0.5) is 5.82 Å². The molecule has 0 aliphatic carbocycles. The average molecular weight is 287 g/mol. The fourth-order valence-corrected chi connectivity index (χ4v) is 2.85. The molecule has 112 valence electrons. The van der Waals surface area contributed by atoms with E-state index >= 15 is 0 Å². The lowest BCUT2D eigenvalue weighted by atomic mass is 10.2. The van der Waals surface area contributed by atoms with Crippen molar-refractivity contribution in [2.24, 2.45) is 0 Å². The van der Waals surface area contributed by atoms with Crippen molar-refractivity contribution in [3.05, 3.63) is 31.0 Å². The Balaban J connectivity index is 1.53. The maximum Gasteiger partial charge on any atom is 0.151 e. The Hall–Kier alpha value is -2.02. The lowest BCUT2D eigenvalue weighted by molar-refractivity contribution is 0.292. The van der Waals surface area contributed by atoms with Crippen LogP contribution in [0.2, 0.25) is 0 Å². The van der Waals surface area contributed by atoms with E-state index in [1.165, 1.54) is 12.8 Å². The number of nitrogens with zero attached hydrogens (tertiary/aromatic N) is 7. The zero-order valence-electron chi connectivity index (χ0n) is 12.3. The fraction of sp³-hybridized carbons (Fsp3) is 0.571. The van der Waals surface area contributed by atoms with Gasteiger partial charge in [0.2, 0.25) is 0 Å². The Labute approximate surface area is 124 Å². The smallest absolute Gasteiger partial charge is 0.151 e. The molecule has 2 aromatic rings. The third-order valence-corrected chi connectivity index (χ3v) is 3.93. The minimum Gasteiger partial charge on any atom is -0.351 e. The molecule has 3 heterocycles. The SMILES string of the molecule is CN(CCn1cncn1)CC1CCCN1c1cccnn1. The van der Waals surface area contributed by atoms with Crippen molar-refractivity contribution >= 4 is 5.82 Å². The molecule has 0 aromatic carbocycles. The highest BCUT2D eigenvalue weighted by Crippen LogP contribution is 2.23. The van der Waals surface area contributed by atoms with Crippen LogP contribution in [0.1, 0.15) is 12.8 Å². The number of hydrogen-bond donors (Lipinski definition) is 0. The first-order valence-electron chi connectivity index (χ1n) is 7.38. The second-order valence-corrected chi connectivity index (χ2v) is 5.49. The summed E-state index contributed by atoms with van der Waals surface area (Å²) in [6.07, 6.45) is 7.49. The topological polar surface area (TPSA) is 63.0 Å². The van der Waals surface area contributed by atoms with E-state index in [2.05, 4.69) is 37.1 Å². The predicted molar refractivity (Wildman–Crippen MR) is 79.9 cm³/mol. The second-order valence-electron chi connectivity index (χ2n) is 5.49. The van der Waals surface area contributed by atoms with Gasteiger partial charge in [-0.2, -0.15) is 10.2 Å². The Morgan fingerprint density at radius 1 is 1.43 bits per heavy atom. The van der Waals surface area contributed by atoms with Crippen LogP contribution in [0.5, 0.6) is 0 Å². The molecule has 3 rings (SSSR count). The molecule has 0 bridgehead atoms. The van der Waals surface area contributed by atoms with E-state index in [9.17, 15) is 0 Å². The molecule has 1 unspecified atom stereocenters. The summed E-state index contributed by atoms with van der Waals surface area (Å²) in [7, 11) is 2.16. The van der Waals surface area contributed by atoms with Gasteiger partial charge in [-0.15, -0.1) is 5.10 Å². The van der Waals surface area contributed by atoms with Crippen molar-refractivity contribution < 1.29 is 0 Å². The maximum absolute atomic E-state index is 4.24. The number of rotatable bonds is 6. The van der Waals surface area contributed by atoms with E-state index in [1.807, 2.05) is 16.8 Å². The van der Waals surface area contributed by atoms with Crippen molar-refractivity contribution in [1.82, 2.24) is 29.9 Å². The van der Waals surface area contributed by atoms with Gasteiger partial charge >= 0.3 is 0 Å². The normalized spacial score (nSPS) is 18.6. The molecular weight excluding hydrogens is 266 g/mol. The molecule has 1 atom stereocenters. The Bertz CT molecular complexity index is 528. The average Bonchev–Trinajstić information content (AvgIpc) is 3.17. The van der Waals surface area contributed by atoms with Crippen molar-refractivity contribution in [2.45, 2.75) is 25.4 Å². The first-order valence-corrected chi connectivity index (χ1v) is 7.38. The van der Waals surface area contributed by atoms with Crippen molar-refractivity contribution in [2.75, 3.05) is 31.6 Å². The molecule has 1 saturated heterocycles. The van der Waals surface area contributed by atoms with Gasteiger partial charge in [-0.05, 0) is 32.0 Å². The van der Waals surface area contributed by atoms with E-state index in [4.69, 9.17) is 0 Å². The zero-order valence-corrected chi connectivity index (χ0v) is 12.3. The van der Waals surface area contributed by atoms with Gasteiger partial charge in [0.05, 0.1) is 6.54 Å². The summed E-state index contributed by atoms with van der Waals surface area (Å²) in [5.74, 6) is 0.990. The van der Waals surface area contributed by atoms with Crippen LogP contribution < -0.4 is 4.90 Å². The van der Waals surface area contributed by atoms with Gasteiger partial charge in [-0.1, -0.05) is 0 Å². The van der Waals surface area contributed by atoms with Crippen LogP contribution in [-0.2, 0) is 6.54 Å². The molecular formula is C14H21N7. The molecule has 2 aromatic heterocycles. The highest BCUT2D eigenvalue weighted by molar-refractivity contribution is 5.39. The minimum atomic E-state index is 0.516. The summed E-state index contributed by atoms with van der Waals surface area (Å²) >= 11 is 0. The number of aromatic nitrogens is 5. The first kappa shape index (κ1) is 13.9. The molecule has 0 N–H and O–H groups in total. The van der Waals surface area contributed by atoms with Crippen LogP contribution in [0.25, 0.3) is 0 Å². The number of likely N-dealkylation sites (N-methyl/N-ethyl adjacent to an activating group) is 1. The molecule has 21 heavy (non-hydrogen) atoms. The van der Waals surface area contributed by atoms with Crippen LogP contribution in [0.15, 0.2) is 31.0 Å². The monoisotopic (exact) mass is 287 g/mol. The minimum absolute atomic E-state index is 0.516. The molecule has 0 spiro atoms. The van der Waals surface area contributed by atoms with Gasteiger partial charge in [0.15, 0.2) is 5.82 Å². The summed E-state index contributed by atoms with van der Waals surface area (Å²) < 4.78 is 1.87. The van der Waals surface area contributed by atoms with Crippen molar-refractivity contribution in [3.63, 3.8) is 0 Å². The number of anilines is 1. The Morgan fingerprint density at radius 2 is 2.38 bits per heavy atom. The molecule has 1 fully saturated rings. The quantitative estimate of drug-likeness (QED) is 0.778. The van der Waals surface area contributed by atoms with Crippen molar-refractivity contribution in [1.29, 1.82) is 0 Å². The Kier molecular flexibility index (Phi) is 4.40. The summed E-state index contributed by atoms with van der Waals surface area (Å²) in [6, 6.07) is 4.51. The molecule has 1 aliphatic rings. The van der Waals surface area contributed by atoms with Crippen LogP contribution in [-0.4, -0.2) is 62.6 Å². The van der Waals surface area contributed by atoms with Crippen LogP contribution in [0, 0.1) is 0 Å². The largest absolute Gasteiger partial charge is 0.351 e. The molecule has 1 aliphatic heterocycles. The van der Waals surface area contributed by atoms with Gasteiger partial charge in [0.25, 0.3) is 0 Å². The summed E-state index contributed by atoms with van der Waals surface area (Å²) in [6.45, 7) is 3.94. The summed E-state index contributed by atoms with van der Waals surface area (Å²) in [5.41, 5.74) is 0. The van der Waals surface area contributed by atoms with Crippen LogP contribution in [0.3, 0.4) is 0 Å². The second kappa shape index (κ2) is 6.62. The zero-order chi connectivity index (χ0) is 14.5. The Morgan fingerprint density at radius 3 is 3.14 bits per heavy atom.